The van der Waals surface area contributed by atoms with Gasteiger partial charge in [-0.25, -0.2) is 0 Å². The number of hydrogen-bond acceptors (Lipinski definition) is 4. The molecule has 1 heterocycles. The zero-order valence-corrected chi connectivity index (χ0v) is 17.9. The average molecular weight is 414 g/mol. The van der Waals surface area contributed by atoms with E-state index in [9.17, 15) is 4.79 Å². The van der Waals surface area contributed by atoms with Crippen LogP contribution in [0.5, 0.6) is 5.75 Å². The lowest BCUT2D eigenvalue weighted by atomic mass is 10.1. The molecule has 28 heavy (non-hydrogen) atoms. The van der Waals surface area contributed by atoms with Crippen LogP contribution < -0.4 is 4.74 Å². The Balaban J connectivity index is 0.00000392. The van der Waals surface area contributed by atoms with E-state index in [-0.39, 0.29) is 24.9 Å². The first kappa shape index (κ1) is 24.7. The highest BCUT2D eigenvalue weighted by atomic mass is 35.5. The molecule has 0 saturated carbocycles. The molecule has 1 N–H and O–H groups in total. The van der Waals surface area contributed by atoms with Crippen molar-refractivity contribution >= 4 is 18.4 Å². The summed E-state index contributed by atoms with van der Waals surface area (Å²) in [4.78, 5) is 12.9. The van der Waals surface area contributed by atoms with Crippen molar-refractivity contribution in [2.45, 2.75) is 64.4 Å². The Morgan fingerprint density at radius 2 is 1.86 bits per heavy atom. The fraction of sp³-hybridized carbons (Fsp3) is 0.682. The van der Waals surface area contributed by atoms with Gasteiger partial charge in [0.1, 0.15) is 5.75 Å². The third-order valence-corrected chi connectivity index (χ3v) is 5.03. The van der Waals surface area contributed by atoms with Crippen molar-refractivity contribution in [1.82, 2.24) is 4.90 Å². The highest BCUT2D eigenvalue weighted by Gasteiger charge is 2.21. The molecular formula is C22H36ClNO4. The van der Waals surface area contributed by atoms with Gasteiger partial charge in [-0.2, -0.15) is 0 Å². The molecule has 0 radical (unpaired) electrons. The van der Waals surface area contributed by atoms with Gasteiger partial charge in [-0.3, -0.25) is 9.69 Å². The lowest BCUT2D eigenvalue weighted by Gasteiger charge is -2.33. The number of ether oxygens (including phenoxy) is 2. The molecule has 0 bridgehead atoms. The number of benzene rings is 1. The third kappa shape index (κ3) is 9.76. The fourth-order valence-electron chi connectivity index (χ4n) is 3.41. The molecule has 160 valence electrons. The van der Waals surface area contributed by atoms with E-state index in [0.717, 1.165) is 44.0 Å². The minimum atomic E-state index is -0.726. The van der Waals surface area contributed by atoms with Gasteiger partial charge >= 0.3 is 5.97 Å². The molecule has 1 aromatic carbocycles. The molecule has 1 saturated heterocycles. The van der Waals surface area contributed by atoms with Crippen LogP contribution in [0, 0.1) is 0 Å². The normalized spacial score (nSPS) is 17.1. The summed E-state index contributed by atoms with van der Waals surface area (Å²) in [5.74, 6) is 0.192. The monoisotopic (exact) mass is 413 g/mol. The Morgan fingerprint density at radius 3 is 2.57 bits per heavy atom. The van der Waals surface area contributed by atoms with Gasteiger partial charge in [-0.05, 0) is 37.1 Å². The Morgan fingerprint density at radius 1 is 1.14 bits per heavy atom. The standard InChI is InChI=1S/C22H35NO4.ClH/c1-2-3-4-5-6-7-16-26-20-12-10-19(11-13-20)21-18-23(15-17-27-21)14-8-9-22(24)25;/h10-13,21H,2-9,14-18H2,1H3,(H,24,25);1H. The predicted molar refractivity (Wildman–Crippen MR) is 115 cm³/mol. The van der Waals surface area contributed by atoms with Crippen molar-refractivity contribution in [1.29, 1.82) is 0 Å². The van der Waals surface area contributed by atoms with Crippen molar-refractivity contribution in [3.63, 3.8) is 0 Å². The first-order valence-electron chi connectivity index (χ1n) is 10.5. The fourth-order valence-corrected chi connectivity index (χ4v) is 3.41. The van der Waals surface area contributed by atoms with Crippen molar-refractivity contribution in [2.75, 3.05) is 32.8 Å². The van der Waals surface area contributed by atoms with Crippen molar-refractivity contribution in [3.8, 4) is 5.75 Å². The Kier molecular flexibility index (Phi) is 13.0. The zero-order valence-electron chi connectivity index (χ0n) is 17.1. The predicted octanol–water partition coefficient (Wildman–Crippen LogP) is 5.09. The molecule has 0 aromatic heterocycles. The van der Waals surface area contributed by atoms with Crippen LogP contribution in [0.25, 0.3) is 0 Å². The molecule has 0 amide bonds. The first-order valence-corrected chi connectivity index (χ1v) is 10.5. The Bertz CT molecular complexity index is 538. The summed E-state index contributed by atoms with van der Waals surface area (Å²) < 4.78 is 11.8. The molecule has 1 atom stereocenters. The molecule has 2 rings (SSSR count). The molecule has 6 heteroatoms. The van der Waals surface area contributed by atoms with E-state index in [1.807, 2.05) is 12.1 Å². The number of aliphatic carboxylic acids is 1. The summed E-state index contributed by atoms with van der Waals surface area (Å²) in [7, 11) is 0. The van der Waals surface area contributed by atoms with Gasteiger partial charge < -0.3 is 14.6 Å². The number of unbranched alkanes of at least 4 members (excludes halogenated alkanes) is 5. The van der Waals surface area contributed by atoms with E-state index in [1.165, 1.54) is 32.1 Å². The van der Waals surface area contributed by atoms with Crippen molar-refractivity contribution < 1.29 is 19.4 Å². The first-order chi connectivity index (χ1) is 13.2. The van der Waals surface area contributed by atoms with Crippen LogP contribution in [-0.2, 0) is 9.53 Å². The average Bonchev–Trinajstić information content (AvgIpc) is 2.68. The molecule has 0 aliphatic carbocycles. The van der Waals surface area contributed by atoms with Crippen molar-refractivity contribution in [3.05, 3.63) is 29.8 Å². The maximum atomic E-state index is 10.7. The molecule has 0 spiro atoms. The molecule has 1 aromatic rings. The van der Waals surface area contributed by atoms with Crippen LogP contribution in [0.2, 0.25) is 0 Å². The number of carboxylic acids is 1. The van der Waals surface area contributed by atoms with Crippen LogP contribution in [0.3, 0.4) is 0 Å². The number of nitrogens with zero attached hydrogens (tertiary/aromatic N) is 1. The number of morpholine rings is 1. The van der Waals surface area contributed by atoms with E-state index in [0.29, 0.717) is 13.0 Å². The summed E-state index contributed by atoms with van der Waals surface area (Å²) in [6.45, 7) is 6.21. The van der Waals surface area contributed by atoms with Crippen LogP contribution in [0.4, 0.5) is 0 Å². The topological polar surface area (TPSA) is 59.0 Å². The number of carboxylic acid groups (broad SMARTS) is 1. The van der Waals surface area contributed by atoms with Crippen LogP contribution >= 0.6 is 12.4 Å². The zero-order chi connectivity index (χ0) is 19.3. The van der Waals surface area contributed by atoms with Gasteiger partial charge in [0, 0.05) is 19.5 Å². The SMILES string of the molecule is CCCCCCCCOc1ccc(C2CN(CCCC(=O)O)CCO2)cc1.Cl. The minimum Gasteiger partial charge on any atom is -0.494 e. The van der Waals surface area contributed by atoms with Gasteiger partial charge in [0.25, 0.3) is 0 Å². The third-order valence-electron chi connectivity index (χ3n) is 5.03. The maximum Gasteiger partial charge on any atom is 0.303 e. The molecule has 5 nitrogen and oxygen atoms in total. The second kappa shape index (κ2) is 14.7. The maximum absolute atomic E-state index is 10.7. The van der Waals surface area contributed by atoms with E-state index in [4.69, 9.17) is 14.6 Å². The van der Waals surface area contributed by atoms with Crippen molar-refractivity contribution in [2.24, 2.45) is 0 Å². The summed E-state index contributed by atoms with van der Waals surface area (Å²) in [6, 6.07) is 8.22. The van der Waals surface area contributed by atoms with E-state index in [1.54, 1.807) is 0 Å². The van der Waals surface area contributed by atoms with E-state index in [2.05, 4.69) is 24.0 Å². The van der Waals surface area contributed by atoms with Crippen LogP contribution in [-0.4, -0.2) is 48.8 Å². The number of carbonyl (C=O) groups is 1. The summed E-state index contributed by atoms with van der Waals surface area (Å²) >= 11 is 0. The van der Waals surface area contributed by atoms with Gasteiger partial charge in [0.2, 0.25) is 0 Å². The lowest BCUT2D eigenvalue weighted by Crippen LogP contribution is -2.38. The number of hydrogen-bond donors (Lipinski definition) is 1. The number of rotatable bonds is 13. The lowest BCUT2D eigenvalue weighted by molar-refractivity contribution is -0.137. The Labute approximate surface area is 175 Å². The van der Waals surface area contributed by atoms with E-state index >= 15 is 0 Å². The quantitative estimate of drug-likeness (QED) is 0.456. The van der Waals surface area contributed by atoms with Gasteiger partial charge in [-0.15, -0.1) is 12.4 Å². The summed E-state index contributed by atoms with van der Waals surface area (Å²) in [6.07, 6.45) is 8.58. The number of halogens is 1. The van der Waals surface area contributed by atoms with Gasteiger partial charge in [0.15, 0.2) is 0 Å². The molecule has 1 fully saturated rings. The highest BCUT2D eigenvalue weighted by molar-refractivity contribution is 5.85. The minimum absolute atomic E-state index is 0. The molecule has 1 aliphatic heterocycles. The van der Waals surface area contributed by atoms with Gasteiger partial charge in [-0.1, -0.05) is 51.2 Å². The molecular weight excluding hydrogens is 378 g/mol. The van der Waals surface area contributed by atoms with Crippen LogP contribution in [0.1, 0.15) is 70.0 Å². The summed E-state index contributed by atoms with van der Waals surface area (Å²) in [5.41, 5.74) is 1.16. The molecule has 1 aliphatic rings. The summed E-state index contributed by atoms with van der Waals surface area (Å²) in [5, 5.41) is 8.77. The second-order valence-corrected chi connectivity index (χ2v) is 7.34. The Hall–Kier alpha value is -1.30. The van der Waals surface area contributed by atoms with E-state index < -0.39 is 5.97 Å². The van der Waals surface area contributed by atoms with Crippen LogP contribution in [0.15, 0.2) is 24.3 Å². The molecule has 1 unspecified atom stereocenters. The second-order valence-electron chi connectivity index (χ2n) is 7.34. The largest absolute Gasteiger partial charge is 0.494 e. The smallest absolute Gasteiger partial charge is 0.303 e. The highest BCUT2D eigenvalue weighted by Crippen LogP contribution is 2.24. The van der Waals surface area contributed by atoms with Gasteiger partial charge in [0.05, 0.1) is 19.3 Å².